The number of aromatic nitrogens is 2. The zero-order valence-electron chi connectivity index (χ0n) is 13.7. The van der Waals surface area contributed by atoms with Crippen molar-refractivity contribution in [3.05, 3.63) is 12.4 Å². The Morgan fingerprint density at radius 1 is 1.33 bits per heavy atom. The summed E-state index contributed by atoms with van der Waals surface area (Å²) in [5, 5.41) is 7.39. The quantitative estimate of drug-likeness (QED) is 0.727. The van der Waals surface area contributed by atoms with Gasteiger partial charge in [-0.15, -0.1) is 0 Å². The van der Waals surface area contributed by atoms with Crippen LogP contribution in [0.5, 0.6) is 0 Å². The van der Waals surface area contributed by atoms with Crippen molar-refractivity contribution in [3.63, 3.8) is 0 Å². The molecular weight excluding hydrogens is 288 g/mol. The van der Waals surface area contributed by atoms with E-state index >= 15 is 0 Å². The van der Waals surface area contributed by atoms with E-state index in [2.05, 4.69) is 29.0 Å². The highest BCUT2D eigenvalue weighted by molar-refractivity contribution is 7.89. The molecule has 2 N–H and O–H groups in total. The highest BCUT2D eigenvalue weighted by atomic mass is 32.2. The van der Waals surface area contributed by atoms with E-state index in [0.29, 0.717) is 12.6 Å². The molecular formula is C14H28N4O2S. The fourth-order valence-corrected chi connectivity index (χ4v) is 3.35. The Morgan fingerprint density at radius 3 is 2.48 bits per heavy atom. The maximum absolute atomic E-state index is 12.4. The van der Waals surface area contributed by atoms with Gasteiger partial charge in [-0.25, -0.2) is 13.1 Å². The van der Waals surface area contributed by atoms with Gasteiger partial charge in [0.1, 0.15) is 4.90 Å². The Hall–Kier alpha value is -0.920. The van der Waals surface area contributed by atoms with Crippen molar-refractivity contribution >= 4 is 10.0 Å². The monoisotopic (exact) mass is 316 g/mol. The molecule has 0 saturated carbocycles. The molecule has 1 aromatic rings. The minimum Gasteiger partial charge on any atom is -0.313 e. The molecule has 0 spiro atoms. The zero-order valence-corrected chi connectivity index (χ0v) is 14.5. The van der Waals surface area contributed by atoms with E-state index in [1.165, 1.54) is 6.20 Å². The summed E-state index contributed by atoms with van der Waals surface area (Å²) in [6.07, 6.45) is 4.48. The van der Waals surface area contributed by atoms with Gasteiger partial charge in [0, 0.05) is 24.3 Å². The van der Waals surface area contributed by atoms with Crippen molar-refractivity contribution in [2.24, 2.45) is 0 Å². The zero-order chi connectivity index (χ0) is 16.1. The average molecular weight is 316 g/mol. The highest BCUT2D eigenvalue weighted by Crippen LogP contribution is 2.18. The summed E-state index contributed by atoms with van der Waals surface area (Å²) in [6, 6.07) is 0.403. The second-order valence-corrected chi connectivity index (χ2v) is 7.60. The fourth-order valence-electron chi connectivity index (χ4n) is 1.85. The molecule has 122 valence electrons. The van der Waals surface area contributed by atoms with E-state index in [0.717, 1.165) is 19.4 Å². The first-order valence-corrected chi connectivity index (χ1v) is 9.00. The van der Waals surface area contributed by atoms with Gasteiger partial charge in [0.15, 0.2) is 0 Å². The maximum Gasteiger partial charge on any atom is 0.244 e. The van der Waals surface area contributed by atoms with Crippen molar-refractivity contribution in [2.75, 3.05) is 6.54 Å². The Balaban J connectivity index is 2.74. The third-order valence-electron chi connectivity index (χ3n) is 3.75. The van der Waals surface area contributed by atoms with Crippen LogP contribution in [-0.4, -0.2) is 36.3 Å². The fraction of sp³-hybridized carbons (Fsp3) is 0.786. The summed E-state index contributed by atoms with van der Waals surface area (Å²) in [7, 11) is -3.52. The van der Waals surface area contributed by atoms with Gasteiger partial charge in [0.2, 0.25) is 10.0 Å². The van der Waals surface area contributed by atoms with E-state index in [1.807, 2.05) is 20.8 Å². The van der Waals surface area contributed by atoms with Crippen LogP contribution in [0.2, 0.25) is 0 Å². The number of rotatable bonds is 9. The highest BCUT2D eigenvalue weighted by Gasteiger charge is 2.28. The lowest BCUT2D eigenvalue weighted by Gasteiger charge is -2.27. The smallest absolute Gasteiger partial charge is 0.244 e. The number of nitrogens with one attached hydrogen (secondary N) is 2. The molecule has 1 rings (SSSR count). The molecule has 0 aliphatic rings. The Morgan fingerprint density at radius 2 is 1.95 bits per heavy atom. The molecule has 0 radical (unpaired) electrons. The molecule has 1 aromatic heterocycles. The molecule has 0 bridgehead atoms. The molecule has 0 aliphatic carbocycles. The predicted molar refractivity (Wildman–Crippen MR) is 84.7 cm³/mol. The van der Waals surface area contributed by atoms with E-state index in [4.69, 9.17) is 0 Å². The van der Waals surface area contributed by atoms with Gasteiger partial charge in [-0.1, -0.05) is 27.7 Å². The molecule has 21 heavy (non-hydrogen) atoms. The summed E-state index contributed by atoms with van der Waals surface area (Å²) in [5.74, 6) is 0. The first kappa shape index (κ1) is 18.1. The molecule has 0 amide bonds. The molecule has 6 nitrogen and oxygen atoms in total. The molecule has 1 heterocycles. The van der Waals surface area contributed by atoms with E-state index in [9.17, 15) is 8.42 Å². The largest absolute Gasteiger partial charge is 0.313 e. The van der Waals surface area contributed by atoms with E-state index < -0.39 is 15.6 Å². The van der Waals surface area contributed by atoms with Gasteiger partial charge >= 0.3 is 0 Å². The molecule has 0 aliphatic heterocycles. The van der Waals surface area contributed by atoms with Crippen LogP contribution < -0.4 is 10.0 Å². The minimum atomic E-state index is -3.52. The molecule has 0 unspecified atom stereocenters. The van der Waals surface area contributed by atoms with Gasteiger partial charge < -0.3 is 5.32 Å². The third-order valence-corrected chi connectivity index (χ3v) is 5.35. The SMILES string of the molecule is CCC(C)(CC)NS(=O)(=O)c1cnn(CCNC(C)C)c1. The van der Waals surface area contributed by atoms with Crippen molar-refractivity contribution in [3.8, 4) is 0 Å². The van der Waals surface area contributed by atoms with Crippen LogP contribution in [-0.2, 0) is 16.6 Å². The van der Waals surface area contributed by atoms with Crippen LogP contribution in [0.25, 0.3) is 0 Å². The second kappa shape index (κ2) is 7.38. The lowest BCUT2D eigenvalue weighted by molar-refractivity contribution is 0.388. The predicted octanol–water partition coefficient (Wildman–Crippen LogP) is 1.74. The van der Waals surface area contributed by atoms with Crippen LogP contribution in [0.4, 0.5) is 0 Å². The number of hydrogen-bond donors (Lipinski definition) is 2. The Labute approximate surface area is 128 Å². The summed E-state index contributed by atoms with van der Waals surface area (Å²) >= 11 is 0. The van der Waals surface area contributed by atoms with E-state index in [1.54, 1.807) is 10.9 Å². The molecule has 0 atom stereocenters. The van der Waals surface area contributed by atoms with Crippen LogP contribution >= 0.6 is 0 Å². The van der Waals surface area contributed by atoms with Crippen LogP contribution in [0.15, 0.2) is 17.3 Å². The Kier molecular flexibility index (Phi) is 6.37. The molecule has 0 aromatic carbocycles. The molecule has 0 saturated heterocycles. The first-order chi connectivity index (χ1) is 9.72. The van der Waals surface area contributed by atoms with Gasteiger partial charge in [-0.05, 0) is 19.8 Å². The summed E-state index contributed by atoms with van der Waals surface area (Å²) < 4.78 is 29.2. The summed E-state index contributed by atoms with van der Waals surface area (Å²) in [4.78, 5) is 0.222. The van der Waals surface area contributed by atoms with Gasteiger partial charge in [0.05, 0.1) is 12.7 Å². The lowest BCUT2D eigenvalue weighted by Crippen LogP contribution is -2.44. The third kappa shape index (κ3) is 5.41. The minimum absolute atomic E-state index is 0.222. The standard InChI is InChI=1S/C14H28N4O2S/c1-6-14(5,7-2)17-21(19,20)13-10-16-18(11-13)9-8-15-12(3)4/h10-12,15,17H,6-9H2,1-5H3. The topological polar surface area (TPSA) is 76.0 Å². The maximum atomic E-state index is 12.4. The normalized spacial score (nSPS) is 13.0. The van der Waals surface area contributed by atoms with E-state index in [-0.39, 0.29) is 4.90 Å². The van der Waals surface area contributed by atoms with Crippen molar-refractivity contribution < 1.29 is 8.42 Å². The Bertz CT molecular complexity index is 533. The first-order valence-electron chi connectivity index (χ1n) is 7.52. The van der Waals surface area contributed by atoms with Crippen molar-refractivity contribution in [2.45, 2.75) is 70.5 Å². The summed E-state index contributed by atoms with van der Waals surface area (Å²) in [5.41, 5.74) is -0.417. The van der Waals surface area contributed by atoms with Gasteiger partial charge in [-0.3, -0.25) is 4.68 Å². The van der Waals surface area contributed by atoms with Crippen LogP contribution in [0.3, 0.4) is 0 Å². The lowest BCUT2D eigenvalue weighted by atomic mass is 9.98. The number of nitrogens with zero attached hydrogens (tertiary/aromatic N) is 2. The van der Waals surface area contributed by atoms with Crippen molar-refractivity contribution in [1.82, 2.24) is 19.8 Å². The van der Waals surface area contributed by atoms with Crippen LogP contribution in [0.1, 0.15) is 47.5 Å². The van der Waals surface area contributed by atoms with Crippen molar-refractivity contribution in [1.29, 1.82) is 0 Å². The van der Waals surface area contributed by atoms with Gasteiger partial charge in [-0.2, -0.15) is 5.10 Å². The molecule has 7 heteroatoms. The number of sulfonamides is 1. The van der Waals surface area contributed by atoms with Crippen LogP contribution in [0, 0.1) is 0 Å². The summed E-state index contributed by atoms with van der Waals surface area (Å²) in [6.45, 7) is 11.4. The second-order valence-electron chi connectivity index (χ2n) is 5.92. The van der Waals surface area contributed by atoms with Gasteiger partial charge in [0.25, 0.3) is 0 Å². The number of hydrogen-bond acceptors (Lipinski definition) is 4. The molecule has 0 fully saturated rings. The average Bonchev–Trinajstić information content (AvgIpc) is 2.87.